The van der Waals surface area contributed by atoms with Gasteiger partial charge in [-0.1, -0.05) is 13.8 Å². The minimum Gasteiger partial charge on any atom is -0.492 e. The molecule has 1 aromatic carbocycles. The van der Waals surface area contributed by atoms with E-state index in [0.717, 1.165) is 0 Å². The summed E-state index contributed by atoms with van der Waals surface area (Å²) in [5.41, 5.74) is 6.57. The van der Waals surface area contributed by atoms with Gasteiger partial charge in [-0.15, -0.1) is 0 Å². The maximum atomic E-state index is 12.2. The molecule has 0 aliphatic carbocycles. The van der Waals surface area contributed by atoms with Crippen molar-refractivity contribution in [3.05, 3.63) is 23.8 Å². The van der Waals surface area contributed by atoms with Crippen molar-refractivity contribution in [2.24, 2.45) is 5.92 Å². The first-order valence-electron chi connectivity index (χ1n) is 6.81. The van der Waals surface area contributed by atoms with Gasteiger partial charge in [0.05, 0.1) is 19.4 Å². The molecule has 0 heterocycles. The highest BCUT2D eigenvalue weighted by atomic mass is 16.5. The predicted molar refractivity (Wildman–Crippen MR) is 80.1 cm³/mol. The zero-order valence-electron chi connectivity index (χ0n) is 12.8. The average molecular weight is 294 g/mol. The van der Waals surface area contributed by atoms with Gasteiger partial charge in [-0.05, 0) is 31.0 Å². The number of carbonyl (C=O) groups is 2. The van der Waals surface area contributed by atoms with E-state index in [9.17, 15) is 9.59 Å². The van der Waals surface area contributed by atoms with Crippen molar-refractivity contribution in [3.8, 4) is 5.75 Å². The molecule has 1 rings (SSSR count). The van der Waals surface area contributed by atoms with Crippen molar-refractivity contribution in [3.63, 3.8) is 0 Å². The molecule has 0 saturated heterocycles. The van der Waals surface area contributed by atoms with Gasteiger partial charge in [0, 0.05) is 5.56 Å². The highest BCUT2D eigenvalue weighted by Gasteiger charge is 2.25. The van der Waals surface area contributed by atoms with E-state index in [2.05, 4.69) is 10.1 Å². The normalized spacial score (nSPS) is 11.9. The highest BCUT2D eigenvalue weighted by Crippen LogP contribution is 2.22. The van der Waals surface area contributed by atoms with Crippen LogP contribution >= 0.6 is 0 Å². The molecule has 1 aromatic rings. The summed E-state index contributed by atoms with van der Waals surface area (Å²) in [6.45, 7) is 6.00. The second-order valence-electron chi connectivity index (χ2n) is 4.90. The molecule has 0 spiro atoms. The van der Waals surface area contributed by atoms with Gasteiger partial charge in [-0.3, -0.25) is 4.79 Å². The Labute approximate surface area is 124 Å². The predicted octanol–water partition coefficient (Wildman–Crippen LogP) is 1.59. The molecule has 21 heavy (non-hydrogen) atoms. The zero-order valence-corrected chi connectivity index (χ0v) is 12.8. The highest BCUT2D eigenvalue weighted by molar-refractivity contribution is 5.97. The molecule has 0 fully saturated rings. The van der Waals surface area contributed by atoms with Crippen LogP contribution in [0.5, 0.6) is 5.75 Å². The zero-order chi connectivity index (χ0) is 16.0. The van der Waals surface area contributed by atoms with Crippen LogP contribution < -0.4 is 15.8 Å². The topological polar surface area (TPSA) is 90.6 Å². The van der Waals surface area contributed by atoms with E-state index < -0.39 is 12.0 Å². The fourth-order valence-electron chi connectivity index (χ4n) is 1.83. The lowest BCUT2D eigenvalue weighted by Gasteiger charge is -2.20. The van der Waals surface area contributed by atoms with Gasteiger partial charge in [-0.2, -0.15) is 0 Å². The van der Waals surface area contributed by atoms with Gasteiger partial charge in [0.25, 0.3) is 5.91 Å². The summed E-state index contributed by atoms with van der Waals surface area (Å²) in [6, 6.07) is 4.06. The molecule has 0 saturated carbocycles. The van der Waals surface area contributed by atoms with E-state index >= 15 is 0 Å². The first kappa shape index (κ1) is 16.8. The number of carbonyl (C=O) groups excluding carboxylic acids is 2. The molecule has 0 aromatic heterocycles. The van der Waals surface area contributed by atoms with Gasteiger partial charge in [0.15, 0.2) is 0 Å². The second-order valence-corrected chi connectivity index (χ2v) is 4.90. The number of nitrogens with one attached hydrogen (secondary N) is 1. The smallest absolute Gasteiger partial charge is 0.328 e. The Bertz CT molecular complexity index is 514. The quantitative estimate of drug-likeness (QED) is 0.614. The molecular formula is C15H22N2O4. The molecule has 1 amide bonds. The Balaban J connectivity index is 2.88. The molecule has 1 unspecified atom stereocenters. The van der Waals surface area contributed by atoms with Gasteiger partial charge >= 0.3 is 5.97 Å². The Morgan fingerprint density at radius 3 is 2.48 bits per heavy atom. The van der Waals surface area contributed by atoms with E-state index in [1.807, 2.05) is 20.8 Å². The number of methoxy groups -OCH3 is 1. The van der Waals surface area contributed by atoms with Gasteiger partial charge in [-0.25, -0.2) is 4.79 Å². The Kier molecular flexibility index (Phi) is 6.02. The van der Waals surface area contributed by atoms with Crippen molar-refractivity contribution < 1.29 is 19.1 Å². The third-order valence-electron chi connectivity index (χ3n) is 2.98. The summed E-state index contributed by atoms with van der Waals surface area (Å²) in [7, 11) is 1.29. The van der Waals surface area contributed by atoms with Crippen LogP contribution in [0.25, 0.3) is 0 Å². The summed E-state index contributed by atoms with van der Waals surface area (Å²) in [5, 5.41) is 2.65. The molecule has 0 aliphatic heterocycles. The monoisotopic (exact) mass is 294 g/mol. The fourth-order valence-corrected chi connectivity index (χ4v) is 1.83. The molecule has 116 valence electrons. The molecule has 0 radical (unpaired) electrons. The summed E-state index contributed by atoms with van der Waals surface area (Å²) in [5.74, 6) is -0.407. The number of hydrogen-bond acceptors (Lipinski definition) is 5. The van der Waals surface area contributed by atoms with Crippen LogP contribution in [0.4, 0.5) is 5.69 Å². The third-order valence-corrected chi connectivity index (χ3v) is 2.98. The first-order valence-corrected chi connectivity index (χ1v) is 6.81. The first-order chi connectivity index (χ1) is 9.90. The number of nitrogen functional groups attached to an aromatic ring is 1. The lowest BCUT2D eigenvalue weighted by atomic mass is 10.0. The summed E-state index contributed by atoms with van der Waals surface area (Å²) in [6.07, 6.45) is 0. The van der Waals surface area contributed by atoms with E-state index in [0.29, 0.717) is 23.6 Å². The fraction of sp³-hybridized carbons (Fsp3) is 0.467. The SMILES string of the molecule is CCOc1ccc(C(=O)NC(C(=O)OC)C(C)C)cc1N. The van der Waals surface area contributed by atoms with Crippen LogP contribution in [0.15, 0.2) is 18.2 Å². The molecule has 6 heteroatoms. The van der Waals surface area contributed by atoms with Crippen molar-refractivity contribution >= 4 is 17.6 Å². The van der Waals surface area contributed by atoms with E-state index in [1.54, 1.807) is 12.1 Å². The van der Waals surface area contributed by atoms with Crippen molar-refractivity contribution in [2.45, 2.75) is 26.8 Å². The van der Waals surface area contributed by atoms with E-state index in [4.69, 9.17) is 10.5 Å². The van der Waals surface area contributed by atoms with E-state index in [-0.39, 0.29) is 11.8 Å². The lowest BCUT2D eigenvalue weighted by Crippen LogP contribution is -2.45. The number of amides is 1. The Morgan fingerprint density at radius 1 is 1.33 bits per heavy atom. The third kappa shape index (κ3) is 4.37. The average Bonchev–Trinajstić information content (AvgIpc) is 2.45. The summed E-state index contributed by atoms with van der Waals surface area (Å²) in [4.78, 5) is 23.8. The minimum atomic E-state index is -0.699. The van der Waals surface area contributed by atoms with Crippen LogP contribution in [0.3, 0.4) is 0 Å². The number of esters is 1. The number of anilines is 1. The molecule has 3 N–H and O–H groups in total. The lowest BCUT2D eigenvalue weighted by molar-refractivity contribution is -0.144. The Morgan fingerprint density at radius 2 is 2.00 bits per heavy atom. The second kappa shape index (κ2) is 7.52. The van der Waals surface area contributed by atoms with E-state index in [1.165, 1.54) is 13.2 Å². The van der Waals surface area contributed by atoms with Crippen LogP contribution in [0.1, 0.15) is 31.1 Å². The maximum absolute atomic E-state index is 12.2. The molecule has 1 atom stereocenters. The van der Waals surface area contributed by atoms with Crippen molar-refractivity contribution in [2.75, 3.05) is 19.5 Å². The van der Waals surface area contributed by atoms with Gasteiger partial charge in [0.2, 0.25) is 0 Å². The van der Waals surface area contributed by atoms with Crippen LogP contribution in [0.2, 0.25) is 0 Å². The maximum Gasteiger partial charge on any atom is 0.328 e. The number of hydrogen-bond donors (Lipinski definition) is 2. The molecular weight excluding hydrogens is 272 g/mol. The molecule has 6 nitrogen and oxygen atoms in total. The number of benzene rings is 1. The number of rotatable bonds is 6. The van der Waals surface area contributed by atoms with Crippen molar-refractivity contribution in [1.82, 2.24) is 5.32 Å². The van der Waals surface area contributed by atoms with Crippen LogP contribution in [-0.2, 0) is 9.53 Å². The van der Waals surface area contributed by atoms with Gasteiger partial charge < -0.3 is 20.5 Å². The van der Waals surface area contributed by atoms with Crippen LogP contribution in [-0.4, -0.2) is 31.6 Å². The summed E-state index contributed by atoms with van der Waals surface area (Å²) < 4.78 is 10.0. The number of ether oxygens (including phenoxy) is 2. The van der Waals surface area contributed by atoms with Crippen LogP contribution in [0, 0.1) is 5.92 Å². The molecule has 0 aliphatic rings. The molecule has 0 bridgehead atoms. The summed E-state index contributed by atoms with van der Waals surface area (Å²) >= 11 is 0. The Hall–Kier alpha value is -2.24. The standard InChI is InChI=1S/C15H22N2O4/c1-5-21-12-7-6-10(8-11(12)16)14(18)17-13(9(2)3)15(19)20-4/h6-9,13H,5,16H2,1-4H3,(H,17,18). The van der Waals surface area contributed by atoms with Gasteiger partial charge in [0.1, 0.15) is 11.8 Å². The minimum absolute atomic E-state index is 0.0820. The largest absolute Gasteiger partial charge is 0.492 e. The van der Waals surface area contributed by atoms with Crippen molar-refractivity contribution in [1.29, 1.82) is 0 Å². The number of nitrogens with two attached hydrogens (primary N) is 1.